The van der Waals surface area contributed by atoms with Crippen molar-refractivity contribution in [2.45, 2.75) is 46.1 Å². The molecular formula is C22H27N5O4. The number of aromatic nitrogens is 4. The number of nitrogens with zero attached hydrogens (tertiary/aromatic N) is 5. The topological polar surface area (TPSA) is 110 Å². The molecule has 1 N–H and O–H groups in total. The first-order valence-corrected chi connectivity index (χ1v) is 10.2. The zero-order chi connectivity index (χ0) is 22.6. The molecule has 0 radical (unpaired) electrons. The monoisotopic (exact) mass is 425 g/mol. The fourth-order valence-electron chi connectivity index (χ4n) is 3.22. The van der Waals surface area contributed by atoms with Crippen LogP contribution in [0, 0.1) is 24.2 Å². The molecule has 0 unspecified atom stereocenters. The van der Waals surface area contributed by atoms with Crippen molar-refractivity contribution in [1.29, 1.82) is 0 Å². The molecule has 9 nitrogen and oxygen atoms in total. The quantitative estimate of drug-likeness (QED) is 0.679. The maximum absolute atomic E-state index is 12.1. The molecule has 0 aliphatic heterocycles. The van der Waals surface area contributed by atoms with Gasteiger partial charge in [0, 0.05) is 31.6 Å². The molecule has 0 atom stereocenters. The predicted octanol–water partition coefficient (Wildman–Crippen LogP) is 2.77. The molecule has 1 amide bonds. The Hall–Kier alpha value is -3.41. The first-order valence-electron chi connectivity index (χ1n) is 10.2. The fraction of sp³-hybridized carbons (Fsp3) is 0.500. The summed E-state index contributed by atoms with van der Waals surface area (Å²) in [7, 11) is 3.43. The summed E-state index contributed by atoms with van der Waals surface area (Å²) < 4.78 is 6.97. The molecule has 0 spiro atoms. The van der Waals surface area contributed by atoms with Crippen LogP contribution in [-0.2, 0) is 23.2 Å². The molecule has 164 valence electrons. The molecule has 2 aromatic heterocycles. The smallest absolute Gasteiger partial charge is 0.409 e. The molecule has 1 saturated carbocycles. The first-order chi connectivity index (χ1) is 14.7. The molecule has 1 aliphatic carbocycles. The van der Waals surface area contributed by atoms with Crippen LogP contribution in [0.4, 0.5) is 4.79 Å². The number of aliphatic carboxylic acids is 1. The van der Waals surface area contributed by atoms with Crippen molar-refractivity contribution in [3.05, 3.63) is 29.1 Å². The number of amides is 1. The van der Waals surface area contributed by atoms with Gasteiger partial charge >= 0.3 is 12.1 Å². The van der Waals surface area contributed by atoms with Gasteiger partial charge in [0.05, 0.1) is 17.8 Å². The Morgan fingerprint density at radius 1 is 1.35 bits per heavy atom. The third kappa shape index (κ3) is 5.40. The highest BCUT2D eigenvalue weighted by Crippen LogP contribution is 2.48. The average molecular weight is 425 g/mol. The van der Waals surface area contributed by atoms with Crippen LogP contribution in [0.5, 0.6) is 0 Å². The van der Waals surface area contributed by atoms with Gasteiger partial charge in [-0.25, -0.2) is 9.48 Å². The number of pyridine rings is 1. The van der Waals surface area contributed by atoms with Crippen molar-refractivity contribution >= 4 is 12.1 Å². The minimum absolute atomic E-state index is 0.0334. The zero-order valence-electron chi connectivity index (χ0n) is 18.3. The number of carboxylic acid groups (broad SMARTS) is 1. The minimum atomic E-state index is -0.825. The third-order valence-electron chi connectivity index (χ3n) is 5.28. The van der Waals surface area contributed by atoms with Crippen LogP contribution in [0.2, 0.25) is 0 Å². The minimum Gasteiger partial charge on any atom is -0.481 e. The molecule has 1 fully saturated rings. The molecule has 3 rings (SSSR count). The Morgan fingerprint density at radius 2 is 2.10 bits per heavy atom. The summed E-state index contributed by atoms with van der Waals surface area (Å²) in [4.78, 5) is 29.2. The van der Waals surface area contributed by atoms with E-state index in [0.29, 0.717) is 29.3 Å². The van der Waals surface area contributed by atoms with Crippen molar-refractivity contribution < 1.29 is 19.4 Å². The summed E-state index contributed by atoms with van der Waals surface area (Å²) in [6, 6.07) is 3.65. The van der Waals surface area contributed by atoms with Crippen LogP contribution in [0.15, 0.2) is 12.1 Å². The normalized spacial score (nSPS) is 13.8. The second-order valence-corrected chi connectivity index (χ2v) is 7.91. The second kappa shape index (κ2) is 9.16. The summed E-state index contributed by atoms with van der Waals surface area (Å²) in [6.07, 6.45) is 2.14. The Balaban J connectivity index is 1.77. The number of ether oxygens (including phenoxy) is 1. The SMILES string of the molecule is CCCN(C)C(=O)OCc1c(-c2ccc(C#CC3(CC(=O)O)CC3)c(C)n2)nnn1C. The van der Waals surface area contributed by atoms with Gasteiger partial charge in [-0.1, -0.05) is 24.0 Å². The van der Waals surface area contributed by atoms with Gasteiger partial charge in [0.1, 0.15) is 18.0 Å². The van der Waals surface area contributed by atoms with Gasteiger partial charge in [-0.05, 0) is 38.3 Å². The Morgan fingerprint density at radius 3 is 2.71 bits per heavy atom. The molecule has 0 saturated heterocycles. The standard InChI is InChI=1S/C22H27N5O4/c1-5-12-26(3)21(30)31-14-18-20(24-25-27(18)4)17-7-6-16(15(2)23-17)8-9-22(10-11-22)13-19(28)29/h6-7H,5,10-14H2,1-4H3,(H,28,29). The number of rotatable bonds is 7. The number of carbonyl (C=O) groups is 2. The number of carbonyl (C=O) groups excluding carboxylic acids is 1. The maximum atomic E-state index is 12.1. The molecule has 0 aromatic carbocycles. The Labute approximate surface area is 181 Å². The van der Waals surface area contributed by atoms with Gasteiger partial charge in [-0.2, -0.15) is 0 Å². The highest BCUT2D eigenvalue weighted by atomic mass is 16.6. The van der Waals surface area contributed by atoms with Crippen LogP contribution in [0.3, 0.4) is 0 Å². The lowest BCUT2D eigenvalue weighted by Gasteiger charge is -2.16. The number of hydrogen-bond acceptors (Lipinski definition) is 6. The second-order valence-electron chi connectivity index (χ2n) is 7.91. The zero-order valence-corrected chi connectivity index (χ0v) is 18.3. The third-order valence-corrected chi connectivity index (χ3v) is 5.28. The largest absolute Gasteiger partial charge is 0.481 e. The van der Waals surface area contributed by atoms with E-state index >= 15 is 0 Å². The van der Waals surface area contributed by atoms with Gasteiger partial charge in [0.2, 0.25) is 0 Å². The molecule has 2 heterocycles. The summed E-state index contributed by atoms with van der Waals surface area (Å²) in [5, 5.41) is 17.3. The maximum Gasteiger partial charge on any atom is 0.409 e. The van der Waals surface area contributed by atoms with Crippen LogP contribution in [-0.4, -0.2) is 55.6 Å². The first kappa shape index (κ1) is 22.3. The van der Waals surface area contributed by atoms with Gasteiger partial charge in [0.25, 0.3) is 0 Å². The van der Waals surface area contributed by atoms with Crippen molar-refractivity contribution in [2.75, 3.05) is 13.6 Å². The van der Waals surface area contributed by atoms with E-state index in [1.807, 2.05) is 19.9 Å². The Bertz CT molecular complexity index is 1050. The van der Waals surface area contributed by atoms with E-state index in [9.17, 15) is 9.59 Å². The van der Waals surface area contributed by atoms with Crippen molar-refractivity contribution in [1.82, 2.24) is 24.9 Å². The summed E-state index contributed by atoms with van der Waals surface area (Å²) in [5.74, 6) is 5.39. The van der Waals surface area contributed by atoms with Gasteiger partial charge in [-0.3, -0.25) is 9.78 Å². The van der Waals surface area contributed by atoms with E-state index < -0.39 is 17.5 Å². The molecule has 2 aromatic rings. The highest BCUT2D eigenvalue weighted by Gasteiger charge is 2.43. The summed E-state index contributed by atoms with van der Waals surface area (Å²) in [6.45, 7) is 4.49. The van der Waals surface area contributed by atoms with E-state index in [0.717, 1.165) is 24.8 Å². The number of hydrogen-bond donors (Lipinski definition) is 1. The van der Waals surface area contributed by atoms with Crippen LogP contribution in [0.1, 0.15) is 49.6 Å². The van der Waals surface area contributed by atoms with Crippen molar-refractivity contribution in [3.63, 3.8) is 0 Å². The van der Waals surface area contributed by atoms with Crippen molar-refractivity contribution in [2.24, 2.45) is 12.5 Å². The van der Waals surface area contributed by atoms with Crippen LogP contribution >= 0.6 is 0 Å². The fourth-order valence-corrected chi connectivity index (χ4v) is 3.22. The van der Waals surface area contributed by atoms with Crippen molar-refractivity contribution in [3.8, 4) is 23.2 Å². The lowest BCUT2D eigenvalue weighted by molar-refractivity contribution is -0.137. The van der Waals surface area contributed by atoms with E-state index in [1.165, 1.54) is 4.90 Å². The lowest BCUT2D eigenvalue weighted by atomic mass is 10.0. The summed E-state index contributed by atoms with van der Waals surface area (Å²) in [5.41, 5.74) is 2.86. The van der Waals surface area contributed by atoms with Crippen LogP contribution in [0.25, 0.3) is 11.4 Å². The molecule has 31 heavy (non-hydrogen) atoms. The van der Waals surface area contributed by atoms with Gasteiger partial charge < -0.3 is 14.7 Å². The van der Waals surface area contributed by atoms with Gasteiger partial charge in [0.15, 0.2) is 0 Å². The van der Waals surface area contributed by atoms with E-state index in [1.54, 1.807) is 24.8 Å². The van der Waals surface area contributed by atoms with Crippen LogP contribution < -0.4 is 0 Å². The highest BCUT2D eigenvalue weighted by molar-refractivity contribution is 5.69. The predicted molar refractivity (Wildman–Crippen MR) is 113 cm³/mol. The molecule has 9 heteroatoms. The average Bonchev–Trinajstić information content (AvgIpc) is 3.37. The summed E-state index contributed by atoms with van der Waals surface area (Å²) >= 11 is 0. The van der Waals surface area contributed by atoms with Gasteiger partial charge in [-0.15, -0.1) is 5.10 Å². The lowest BCUT2D eigenvalue weighted by Crippen LogP contribution is -2.28. The number of aryl methyl sites for hydroxylation is 2. The molecule has 0 bridgehead atoms. The Kier molecular flexibility index (Phi) is 6.59. The van der Waals surface area contributed by atoms with E-state index in [4.69, 9.17) is 9.84 Å². The number of carboxylic acids is 1. The molecular weight excluding hydrogens is 398 g/mol. The van der Waals surface area contributed by atoms with E-state index in [-0.39, 0.29) is 13.0 Å². The van der Waals surface area contributed by atoms with E-state index in [2.05, 4.69) is 27.1 Å². The molecule has 1 aliphatic rings.